The largest absolute Gasteiger partial charge is 0.488 e. The van der Waals surface area contributed by atoms with Crippen molar-refractivity contribution in [2.75, 3.05) is 36.9 Å². The van der Waals surface area contributed by atoms with E-state index in [0.29, 0.717) is 24.7 Å². The number of nitrogens with zero attached hydrogens (tertiary/aromatic N) is 2. The second-order valence-electron chi connectivity index (χ2n) is 8.18. The van der Waals surface area contributed by atoms with E-state index >= 15 is 0 Å². The Morgan fingerprint density at radius 2 is 0.917 bits per heavy atom. The summed E-state index contributed by atoms with van der Waals surface area (Å²) in [6.45, 7) is 2.25. The molecule has 0 saturated carbocycles. The van der Waals surface area contributed by atoms with Crippen molar-refractivity contribution >= 4 is 35.2 Å². The molecule has 180 valence electrons. The van der Waals surface area contributed by atoms with Gasteiger partial charge >= 0.3 is 0 Å². The molecule has 0 spiro atoms. The maximum absolute atomic E-state index is 6.02. The number of hydrogen-bond acceptors (Lipinski definition) is 6. The first-order chi connectivity index (χ1) is 17.9. The van der Waals surface area contributed by atoms with Crippen LogP contribution >= 0.6 is 0 Å². The van der Waals surface area contributed by atoms with E-state index in [0.717, 1.165) is 47.0 Å². The quantitative estimate of drug-likeness (QED) is 0.305. The van der Waals surface area contributed by atoms with Crippen molar-refractivity contribution in [3.05, 3.63) is 108 Å². The fourth-order valence-electron chi connectivity index (χ4n) is 3.89. The lowest BCUT2D eigenvalue weighted by Gasteiger charge is -2.13. The summed E-state index contributed by atoms with van der Waals surface area (Å²) < 4.78 is 12.0. The van der Waals surface area contributed by atoms with Crippen LogP contribution in [0.3, 0.4) is 0 Å². The number of benzene rings is 4. The van der Waals surface area contributed by atoms with Gasteiger partial charge in [0.15, 0.2) is 0 Å². The molecular formula is C30H28N4O2. The van der Waals surface area contributed by atoms with Gasteiger partial charge in [-0.1, -0.05) is 60.7 Å². The Morgan fingerprint density at radius 1 is 0.500 bits per heavy atom. The highest BCUT2D eigenvalue weighted by atomic mass is 16.5. The Kier molecular flexibility index (Phi) is 7.54. The predicted molar refractivity (Wildman–Crippen MR) is 148 cm³/mol. The highest BCUT2D eigenvalue weighted by Crippen LogP contribution is 2.29. The van der Waals surface area contributed by atoms with Crippen LogP contribution in [0.15, 0.2) is 107 Å². The molecule has 0 atom stereocenters. The predicted octanol–water partition coefficient (Wildman–Crippen LogP) is 6.48. The average Bonchev–Trinajstić information content (AvgIpc) is 2.93. The molecule has 0 aromatic heterocycles. The third kappa shape index (κ3) is 5.91. The fraction of sp³-hybridized carbons (Fsp3) is 0.133. The summed E-state index contributed by atoms with van der Waals surface area (Å²) in [6.07, 6.45) is 3.74. The smallest absolute Gasteiger partial charge is 0.145 e. The zero-order valence-corrected chi connectivity index (χ0v) is 19.9. The molecule has 0 fully saturated rings. The molecule has 1 aliphatic heterocycles. The van der Waals surface area contributed by atoms with Crippen LogP contribution in [-0.2, 0) is 0 Å². The monoisotopic (exact) mass is 476 g/mol. The van der Waals surface area contributed by atoms with E-state index in [9.17, 15) is 0 Å². The van der Waals surface area contributed by atoms with Crippen LogP contribution in [0.2, 0.25) is 0 Å². The molecule has 0 amide bonds. The minimum absolute atomic E-state index is 0.384. The normalized spacial score (nSPS) is 13.8. The van der Waals surface area contributed by atoms with Gasteiger partial charge in [-0.2, -0.15) is 0 Å². The number of rotatable bonds is 0. The number of hydrogen-bond donors (Lipinski definition) is 2. The topological polar surface area (TPSA) is 67.2 Å². The van der Waals surface area contributed by atoms with Crippen molar-refractivity contribution in [1.82, 2.24) is 0 Å². The number of fused-ring (bicyclic) bond motifs is 4. The van der Waals surface area contributed by atoms with Gasteiger partial charge in [0.2, 0.25) is 0 Å². The third-order valence-corrected chi connectivity index (χ3v) is 5.69. The average molecular weight is 477 g/mol. The summed E-state index contributed by atoms with van der Waals surface area (Å²) in [6, 6.07) is 31.8. The van der Waals surface area contributed by atoms with Gasteiger partial charge in [-0.25, -0.2) is 0 Å². The van der Waals surface area contributed by atoms with Crippen molar-refractivity contribution < 1.29 is 9.47 Å². The van der Waals surface area contributed by atoms with Crippen LogP contribution in [-0.4, -0.2) is 38.7 Å². The first-order valence-electron chi connectivity index (χ1n) is 12.0. The summed E-state index contributed by atoms with van der Waals surface area (Å²) in [5, 5.41) is 7.04. The molecule has 0 saturated heterocycles. The second kappa shape index (κ2) is 11.7. The zero-order chi connectivity index (χ0) is 24.4. The molecular weight excluding hydrogens is 448 g/mol. The van der Waals surface area contributed by atoms with E-state index in [1.165, 1.54) is 0 Å². The number of nitrogens with one attached hydrogen (secondary N) is 2. The molecule has 1 aliphatic rings. The van der Waals surface area contributed by atoms with Gasteiger partial charge in [-0.05, 0) is 36.4 Å². The summed E-state index contributed by atoms with van der Waals surface area (Å²) in [7, 11) is 0. The Morgan fingerprint density at radius 3 is 1.42 bits per heavy atom. The molecule has 4 aromatic rings. The SMILES string of the molecule is C1=Nc2ccccc2OCCOc2ccccc2N=Cc2ccccc2NCCNc2ccccc21. The highest BCUT2D eigenvalue weighted by molar-refractivity contribution is 5.90. The van der Waals surface area contributed by atoms with E-state index in [1.54, 1.807) is 0 Å². The van der Waals surface area contributed by atoms with Gasteiger partial charge in [-0.15, -0.1) is 0 Å². The maximum atomic E-state index is 6.02. The molecule has 0 aliphatic carbocycles. The summed E-state index contributed by atoms with van der Waals surface area (Å²) in [4.78, 5) is 9.44. The molecule has 0 radical (unpaired) electrons. The molecule has 4 aromatic carbocycles. The Labute approximate surface area is 211 Å². The van der Waals surface area contributed by atoms with Crippen LogP contribution < -0.4 is 20.1 Å². The van der Waals surface area contributed by atoms with Crippen LogP contribution in [0, 0.1) is 0 Å². The molecule has 2 N–H and O–H groups in total. The van der Waals surface area contributed by atoms with Crippen molar-refractivity contribution in [2.45, 2.75) is 0 Å². The number of anilines is 2. The van der Waals surface area contributed by atoms with Gasteiger partial charge in [0.05, 0.1) is 0 Å². The van der Waals surface area contributed by atoms with Crippen molar-refractivity contribution in [3.8, 4) is 11.5 Å². The Balaban J connectivity index is 1.44. The second-order valence-corrected chi connectivity index (χ2v) is 8.18. The molecule has 1 heterocycles. The molecule has 0 bridgehead atoms. The molecule has 36 heavy (non-hydrogen) atoms. The number of aliphatic imine (C=N–C) groups is 2. The molecule has 6 nitrogen and oxygen atoms in total. The summed E-state index contributed by atoms with van der Waals surface area (Å²) >= 11 is 0. The van der Waals surface area contributed by atoms with E-state index in [4.69, 9.17) is 19.5 Å². The number of ether oxygens (including phenoxy) is 2. The number of para-hydroxylation sites is 6. The minimum atomic E-state index is 0.384. The first-order valence-corrected chi connectivity index (χ1v) is 12.0. The Bertz CT molecular complexity index is 1160. The lowest BCUT2D eigenvalue weighted by molar-refractivity contribution is 0.218. The first kappa shape index (κ1) is 23.2. The van der Waals surface area contributed by atoms with Crippen LogP contribution in [0.25, 0.3) is 0 Å². The van der Waals surface area contributed by atoms with Crippen molar-refractivity contribution in [3.63, 3.8) is 0 Å². The van der Waals surface area contributed by atoms with Gasteiger partial charge in [-0.3, -0.25) is 9.98 Å². The Hall–Kier alpha value is -4.58. The van der Waals surface area contributed by atoms with E-state index < -0.39 is 0 Å². The van der Waals surface area contributed by atoms with Crippen LogP contribution in [0.5, 0.6) is 11.5 Å². The lowest BCUT2D eigenvalue weighted by atomic mass is 10.2. The van der Waals surface area contributed by atoms with Crippen molar-refractivity contribution in [1.29, 1.82) is 0 Å². The maximum Gasteiger partial charge on any atom is 0.145 e. The van der Waals surface area contributed by atoms with Crippen LogP contribution in [0.4, 0.5) is 22.7 Å². The van der Waals surface area contributed by atoms with Gasteiger partial charge in [0, 0.05) is 48.0 Å². The summed E-state index contributed by atoms with van der Waals surface area (Å²) in [5.74, 6) is 1.42. The van der Waals surface area contributed by atoms with Crippen LogP contribution in [0.1, 0.15) is 11.1 Å². The van der Waals surface area contributed by atoms with E-state index in [1.807, 2.05) is 97.4 Å². The van der Waals surface area contributed by atoms with Gasteiger partial charge in [0.25, 0.3) is 0 Å². The fourth-order valence-corrected chi connectivity index (χ4v) is 3.89. The zero-order valence-electron chi connectivity index (χ0n) is 19.9. The van der Waals surface area contributed by atoms with Gasteiger partial charge < -0.3 is 20.1 Å². The van der Waals surface area contributed by atoms with E-state index in [-0.39, 0.29) is 0 Å². The van der Waals surface area contributed by atoms with E-state index in [2.05, 4.69) is 22.8 Å². The third-order valence-electron chi connectivity index (χ3n) is 5.69. The molecule has 5 rings (SSSR count). The molecule has 0 unspecified atom stereocenters. The lowest BCUT2D eigenvalue weighted by Crippen LogP contribution is -2.15. The summed E-state index contributed by atoms with van der Waals surface area (Å²) in [5.41, 5.74) is 5.60. The minimum Gasteiger partial charge on any atom is -0.488 e. The van der Waals surface area contributed by atoms with Gasteiger partial charge in [0.1, 0.15) is 36.1 Å². The van der Waals surface area contributed by atoms with Crippen molar-refractivity contribution in [2.24, 2.45) is 9.98 Å². The standard InChI is InChI=1S/C30H28N4O2/c1-3-11-25-23(9-1)21-33-27-13-5-7-15-29(27)35-19-20-36-30-16-8-6-14-28(30)34-22-24-10-2-4-12-26(24)32-18-17-31-25/h1-16,21-22,31-32H,17-20H2. The highest BCUT2D eigenvalue weighted by Gasteiger charge is 2.06. The molecule has 6 heteroatoms.